The number of aromatic hydroxyl groups is 2. The molecule has 3 heteroatoms. The van der Waals surface area contributed by atoms with Crippen LogP contribution in [-0.4, -0.2) is 16.0 Å². The highest BCUT2D eigenvalue weighted by atomic mass is 16.3. The van der Waals surface area contributed by atoms with Crippen LogP contribution < -0.4 is 0 Å². The number of hydrogen-bond donors (Lipinski definition) is 2. The van der Waals surface area contributed by atoms with Gasteiger partial charge < -0.3 is 10.2 Å². The zero-order valence-electron chi connectivity index (χ0n) is 11.6. The molecule has 0 radical (unpaired) electrons. The van der Waals surface area contributed by atoms with Crippen LogP contribution in [0.3, 0.4) is 0 Å². The molecule has 0 saturated heterocycles. The van der Waals surface area contributed by atoms with Crippen LogP contribution in [0.4, 0.5) is 0 Å². The summed E-state index contributed by atoms with van der Waals surface area (Å²) in [6.07, 6.45) is 1.35. The second kappa shape index (κ2) is 3.98. The van der Waals surface area contributed by atoms with Gasteiger partial charge in [0.1, 0.15) is 0 Å². The third-order valence-corrected chi connectivity index (χ3v) is 4.46. The van der Waals surface area contributed by atoms with Gasteiger partial charge in [-0.15, -0.1) is 0 Å². The summed E-state index contributed by atoms with van der Waals surface area (Å²) in [5.74, 6) is 0.00451. The number of Topliss-reactive ketones (excluding diaryl/α,β-unsaturated/α-hetero) is 1. The molecule has 0 saturated carbocycles. The molecule has 104 valence electrons. The number of rotatable bonds is 0. The van der Waals surface area contributed by atoms with Gasteiger partial charge in [0, 0.05) is 17.4 Å². The number of fused-ring (bicyclic) bond motifs is 5. The van der Waals surface area contributed by atoms with E-state index in [0.717, 1.165) is 39.3 Å². The molecule has 21 heavy (non-hydrogen) atoms. The monoisotopic (exact) mass is 278 g/mol. The second-order valence-electron chi connectivity index (χ2n) is 5.66. The summed E-state index contributed by atoms with van der Waals surface area (Å²) in [7, 11) is 0. The van der Waals surface area contributed by atoms with Crippen molar-refractivity contribution in [3.05, 3.63) is 47.0 Å². The maximum atomic E-state index is 12.0. The van der Waals surface area contributed by atoms with Crippen molar-refractivity contribution < 1.29 is 15.0 Å². The van der Waals surface area contributed by atoms with E-state index in [1.54, 1.807) is 0 Å². The quantitative estimate of drug-likeness (QED) is 0.485. The molecule has 1 aliphatic carbocycles. The number of phenols is 2. The van der Waals surface area contributed by atoms with Gasteiger partial charge in [0.2, 0.25) is 0 Å². The molecule has 0 spiro atoms. The number of aryl methyl sites for hydroxylation is 2. The van der Waals surface area contributed by atoms with Crippen molar-refractivity contribution >= 4 is 27.3 Å². The van der Waals surface area contributed by atoms with Crippen LogP contribution in [0.25, 0.3) is 21.5 Å². The largest absolute Gasteiger partial charge is 0.504 e. The van der Waals surface area contributed by atoms with E-state index in [-0.39, 0.29) is 17.3 Å². The van der Waals surface area contributed by atoms with Gasteiger partial charge in [-0.25, -0.2) is 0 Å². The molecule has 0 fully saturated rings. The predicted octanol–water partition coefficient (Wildman–Crippen LogP) is 3.84. The maximum Gasteiger partial charge on any atom is 0.165 e. The van der Waals surface area contributed by atoms with Gasteiger partial charge in [0.25, 0.3) is 0 Å². The number of carbonyl (C=O) groups is 1. The van der Waals surface area contributed by atoms with E-state index in [4.69, 9.17) is 0 Å². The Hall–Kier alpha value is -2.55. The molecule has 0 aromatic heterocycles. The number of hydrogen-bond acceptors (Lipinski definition) is 3. The Morgan fingerprint density at radius 2 is 1.67 bits per heavy atom. The van der Waals surface area contributed by atoms with E-state index in [0.29, 0.717) is 11.8 Å². The second-order valence-corrected chi connectivity index (χ2v) is 5.66. The van der Waals surface area contributed by atoms with Crippen LogP contribution in [0.5, 0.6) is 11.5 Å². The van der Waals surface area contributed by atoms with E-state index in [1.807, 2.05) is 31.2 Å². The molecule has 0 bridgehead atoms. The average molecular weight is 278 g/mol. The Morgan fingerprint density at radius 1 is 0.952 bits per heavy atom. The van der Waals surface area contributed by atoms with Crippen LogP contribution in [-0.2, 0) is 6.42 Å². The number of carbonyl (C=O) groups excluding carboxylic acids is 1. The van der Waals surface area contributed by atoms with Crippen LogP contribution in [0.15, 0.2) is 30.3 Å². The summed E-state index contributed by atoms with van der Waals surface area (Å²) in [5.41, 5.74) is 2.96. The molecular formula is C18H14O3. The van der Waals surface area contributed by atoms with Crippen molar-refractivity contribution in [1.29, 1.82) is 0 Å². The van der Waals surface area contributed by atoms with Crippen LogP contribution >= 0.6 is 0 Å². The highest BCUT2D eigenvalue weighted by Gasteiger charge is 2.23. The fourth-order valence-corrected chi connectivity index (χ4v) is 3.47. The van der Waals surface area contributed by atoms with Crippen molar-refractivity contribution in [2.45, 2.75) is 19.8 Å². The first-order chi connectivity index (χ1) is 10.1. The van der Waals surface area contributed by atoms with Gasteiger partial charge >= 0.3 is 0 Å². The lowest BCUT2D eigenvalue weighted by atomic mass is 9.92. The van der Waals surface area contributed by atoms with Gasteiger partial charge in [-0.1, -0.05) is 6.07 Å². The van der Waals surface area contributed by atoms with E-state index in [1.165, 1.54) is 6.07 Å². The summed E-state index contributed by atoms with van der Waals surface area (Å²) < 4.78 is 0. The first-order valence-electron chi connectivity index (χ1n) is 7.01. The van der Waals surface area contributed by atoms with Gasteiger partial charge in [-0.3, -0.25) is 4.79 Å². The third kappa shape index (κ3) is 1.51. The molecule has 3 aromatic carbocycles. The fraction of sp³-hybridized carbons (Fsp3) is 0.167. The van der Waals surface area contributed by atoms with Crippen molar-refractivity contribution in [1.82, 2.24) is 0 Å². The van der Waals surface area contributed by atoms with Gasteiger partial charge in [-0.2, -0.15) is 0 Å². The zero-order valence-corrected chi connectivity index (χ0v) is 11.6. The summed E-state index contributed by atoms with van der Waals surface area (Å²) in [6.45, 7) is 1.98. The number of phenolic OH excluding ortho intramolecular Hbond substituents is 2. The van der Waals surface area contributed by atoms with Gasteiger partial charge in [0.15, 0.2) is 17.3 Å². The maximum absolute atomic E-state index is 12.0. The Labute approximate surface area is 121 Å². The molecule has 0 atom stereocenters. The zero-order chi connectivity index (χ0) is 14.7. The van der Waals surface area contributed by atoms with Crippen molar-refractivity contribution in [2.75, 3.05) is 0 Å². The van der Waals surface area contributed by atoms with Crippen LogP contribution in [0.2, 0.25) is 0 Å². The minimum atomic E-state index is -0.115. The lowest BCUT2D eigenvalue weighted by Crippen LogP contribution is -1.94. The van der Waals surface area contributed by atoms with Crippen molar-refractivity contribution in [3.63, 3.8) is 0 Å². The lowest BCUT2D eigenvalue weighted by Gasteiger charge is -2.12. The third-order valence-electron chi connectivity index (χ3n) is 4.46. The van der Waals surface area contributed by atoms with E-state index < -0.39 is 0 Å². The lowest BCUT2D eigenvalue weighted by molar-refractivity contribution is 0.0994. The molecule has 3 nitrogen and oxygen atoms in total. The summed E-state index contributed by atoms with van der Waals surface area (Å²) >= 11 is 0. The smallest absolute Gasteiger partial charge is 0.165 e. The highest BCUT2D eigenvalue weighted by molar-refractivity contribution is 6.15. The Kier molecular flexibility index (Phi) is 2.31. The first-order valence-corrected chi connectivity index (χ1v) is 7.01. The number of benzene rings is 3. The molecule has 0 aliphatic heterocycles. The summed E-state index contributed by atoms with van der Waals surface area (Å²) in [4.78, 5) is 12.0. The molecule has 3 aromatic rings. The summed E-state index contributed by atoms with van der Waals surface area (Å²) in [5, 5.41) is 23.4. The predicted molar refractivity (Wildman–Crippen MR) is 82.2 cm³/mol. The van der Waals surface area contributed by atoms with Crippen LogP contribution in [0, 0.1) is 6.92 Å². The molecule has 0 amide bonds. The van der Waals surface area contributed by atoms with Crippen LogP contribution in [0.1, 0.15) is 27.9 Å². The standard InChI is InChI=1S/C18H14O3/c1-9-8-14-10(4-6-15(14)19)11-2-3-13-12(17(9)11)5-7-16(20)18(13)21/h2-3,5,7-8,20-21H,4,6H2,1H3. The Balaban J connectivity index is 2.23. The Morgan fingerprint density at radius 3 is 2.48 bits per heavy atom. The normalized spacial score (nSPS) is 14.0. The Bertz CT molecular complexity index is 938. The molecule has 4 rings (SSSR count). The highest BCUT2D eigenvalue weighted by Crippen LogP contribution is 2.41. The summed E-state index contributed by atoms with van der Waals surface area (Å²) in [6, 6.07) is 9.05. The molecular weight excluding hydrogens is 264 g/mol. The van der Waals surface area contributed by atoms with Gasteiger partial charge in [0.05, 0.1) is 0 Å². The molecule has 1 aliphatic rings. The van der Waals surface area contributed by atoms with E-state index in [2.05, 4.69) is 0 Å². The van der Waals surface area contributed by atoms with E-state index >= 15 is 0 Å². The van der Waals surface area contributed by atoms with Crippen molar-refractivity contribution in [2.24, 2.45) is 0 Å². The van der Waals surface area contributed by atoms with E-state index in [9.17, 15) is 15.0 Å². The fourth-order valence-electron chi connectivity index (χ4n) is 3.47. The molecule has 0 heterocycles. The average Bonchev–Trinajstić information content (AvgIpc) is 2.84. The minimum Gasteiger partial charge on any atom is -0.504 e. The molecule has 2 N–H and O–H groups in total. The number of ketones is 1. The topological polar surface area (TPSA) is 57.5 Å². The first kappa shape index (κ1) is 12.2. The van der Waals surface area contributed by atoms with Gasteiger partial charge in [-0.05, 0) is 64.9 Å². The van der Waals surface area contributed by atoms with Crippen molar-refractivity contribution in [3.8, 4) is 11.5 Å². The SMILES string of the molecule is Cc1cc2c(c3ccc4c(O)c(O)ccc4c13)CCC2=O. The minimum absolute atomic E-state index is 0.0922. The molecule has 0 unspecified atom stereocenters.